The number of nitrogens with one attached hydrogen (secondary N) is 1. The van der Waals surface area contributed by atoms with Crippen molar-refractivity contribution in [2.45, 2.75) is 26.2 Å². The van der Waals surface area contributed by atoms with Crippen LogP contribution in [0.5, 0.6) is 0 Å². The average Bonchev–Trinajstić information content (AvgIpc) is 3.04. The molecule has 0 heterocycles. The Hall–Kier alpha value is -0.480. The number of amides is 1. The zero-order valence-corrected chi connectivity index (χ0v) is 12.3. The highest BCUT2D eigenvalue weighted by Crippen LogP contribution is 2.49. The van der Waals surface area contributed by atoms with E-state index < -0.39 is 0 Å². The Morgan fingerprint density at radius 1 is 1.53 bits per heavy atom. The summed E-state index contributed by atoms with van der Waals surface area (Å²) in [5.41, 5.74) is 2.16. The maximum Gasteiger partial charge on any atom is 0.224 e. The molecule has 1 fully saturated rings. The second-order valence-corrected chi connectivity index (χ2v) is 6.04. The highest BCUT2D eigenvalue weighted by Gasteiger charge is 2.42. The summed E-state index contributed by atoms with van der Waals surface area (Å²) in [5, 5.41) is 2.96. The molecule has 0 saturated heterocycles. The van der Waals surface area contributed by atoms with Crippen LogP contribution >= 0.6 is 28.6 Å². The molecule has 0 aromatic heterocycles. The number of carbonyl (C=O) groups is 1. The summed E-state index contributed by atoms with van der Waals surface area (Å²) in [6.07, 6.45) is 2.83. The lowest BCUT2D eigenvalue weighted by Gasteiger charge is -2.13. The monoisotopic (exact) mass is 313 g/mol. The molecule has 1 aromatic carbocycles. The Morgan fingerprint density at radius 2 is 2.24 bits per heavy atom. The number of benzene rings is 1. The second kappa shape index (κ2) is 5.02. The van der Waals surface area contributed by atoms with E-state index in [0.717, 1.165) is 34.3 Å². The van der Waals surface area contributed by atoms with E-state index in [1.165, 1.54) is 0 Å². The van der Waals surface area contributed by atoms with Gasteiger partial charge in [0.15, 0.2) is 0 Å². The summed E-state index contributed by atoms with van der Waals surface area (Å²) < 4.78 is 0.923. The maximum absolute atomic E-state index is 11.9. The molecule has 0 spiro atoms. The molecule has 0 radical (unpaired) electrons. The Labute approximate surface area is 116 Å². The zero-order chi connectivity index (χ0) is 12.5. The van der Waals surface area contributed by atoms with Crippen molar-refractivity contribution >= 4 is 40.2 Å². The van der Waals surface area contributed by atoms with Crippen molar-refractivity contribution in [2.24, 2.45) is 5.41 Å². The van der Waals surface area contributed by atoms with Gasteiger partial charge in [0.2, 0.25) is 5.91 Å². The smallest absolute Gasteiger partial charge is 0.224 e. The van der Waals surface area contributed by atoms with Crippen LogP contribution < -0.4 is 5.32 Å². The first-order chi connectivity index (χ1) is 8.04. The Bertz CT molecular complexity index is 443. The summed E-state index contributed by atoms with van der Waals surface area (Å²) >= 11 is 7.75. The SMILES string of the molecule is Cc1ccc(Br)c(NC(=O)CC2(CS)CC2)c1. The quantitative estimate of drug-likeness (QED) is 0.813. The van der Waals surface area contributed by atoms with Crippen molar-refractivity contribution in [3.8, 4) is 0 Å². The lowest BCUT2D eigenvalue weighted by molar-refractivity contribution is -0.117. The van der Waals surface area contributed by atoms with Gasteiger partial charge in [-0.2, -0.15) is 12.6 Å². The van der Waals surface area contributed by atoms with Crippen LogP contribution in [0.4, 0.5) is 5.69 Å². The summed E-state index contributed by atoms with van der Waals surface area (Å²) in [6.45, 7) is 2.01. The summed E-state index contributed by atoms with van der Waals surface area (Å²) in [7, 11) is 0. The molecular weight excluding hydrogens is 298 g/mol. The fourth-order valence-corrected chi connectivity index (χ4v) is 2.61. The normalized spacial score (nSPS) is 16.6. The van der Waals surface area contributed by atoms with E-state index in [-0.39, 0.29) is 11.3 Å². The van der Waals surface area contributed by atoms with E-state index in [4.69, 9.17) is 0 Å². The van der Waals surface area contributed by atoms with Gasteiger partial charge in [0.05, 0.1) is 5.69 Å². The van der Waals surface area contributed by atoms with E-state index in [9.17, 15) is 4.79 Å². The number of thiol groups is 1. The summed E-state index contributed by atoms with van der Waals surface area (Å²) in [4.78, 5) is 11.9. The van der Waals surface area contributed by atoms with Gasteiger partial charge in [0, 0.05) is 10.9 Å². The average molecular weight is 314 g/mol. The van der Waals surface area contributed by atoms with Gasteiger partial charge >= 0.3 is 0 Å². The van der Waals surface area contributed by atoms with E-state index in [2.05, 4.69) is 33.9 Å². The van der Waals surface area contributed by atoms with Crippen LogP contribution in [0.1, 0.15) is 24.8 Å². The number of carbonyl (C=O) groups excluding carboxylic acids is 1. The number of hydrogen-bond acceptors (Lipinski definition) is 2. The Balaban J connectivity index is 2.00. The van der Waals surface area contributed by atoms with E-state index in [1.54, 1.807) is 0 Å². The predicted octanol–water partition coefficient (Wildman–Crippen LogP) is 3.80. The molecule has 92 valence electrons. The highest BCUT2D eigenvalue weighted by atomic mass is 79.9. The number of hydrogen-bond donors (Lipinski definition) is 2. The number of aryl methyl sites for hydroxylation is 1. The van der Waals surface area contributed by atoms with Gasteiger partial charge in [-0.3, -0.25) is 4.79 Å². The number of anilines is 1. The standard InChI is InChI=1S/C13H16BrNOS/c1-9-2-3-10(14)11(6-9)15-12(16)7-13(8-17)4-5-13/h2-3,6,17H,4-5,7-8H2,1H3,(H,15,16). The maximum atomic E-state index is 11.9. The molecule has 17 heavy (non-hydrogen) atoms. The molecule has 2 nitrogen and oxygen atoms in total. The fraction of sp³-hybridized carbons (Fsp3) is 0.462. The lowest BCUT2D eigenvalue weighted by Crippen LogP contribution is -2.18. The number of rotatable bonds is 4. The van der Waals surface area contributed by atoms with E-state index in [0.29, 0.717) is 6.42 Å². The molecule has 1 N–H and O–H groups in total. The molecule has 1 aromatic rings. The van der Waals surface area contributed by atoms with Gasteiger partial charge in [0.1, 0.15) is 0 Å². The highest BCUT2D eigenvalue weighted by molar-refractivity contribution is 9.10. The third-order valence-corrected chi connectivity index (χ3v) is 4.59. The topological polar surface area (TPSA) is 29.1 Å². The van der Waals surface area contributed by atoms with Crippen molar-refractivity contribution in [3.05, 3.63) is 28.2 Å². The summed E-state index contributed by atoms with van der Waals surface area (Å²) in [6, 6.07) is 5.94. The predicted molar refractivity (Wildman–Crippen MR) is 77.6 cm³/mol. The van der Waals surface area contributed by atoms with Gasteiger partial charge in [-0.1, -0.05) is 6.07 Å². The van der Waals surface area contributed by atoms with Crippen LogP contribution in [0.15, 0.2) is 22.7 Å². The fourth-order valence-electron chi connectivity index (χ4n) is 1.84. The van der Waals surface area contributed by atoms with Gasteiger partial charge in [-0.15, -0.1) is 0 Å². The Kier molecular flexibility index (Phi) is 3.83. The molecule has 4 heteroatoms. The minimum atomic E-state index is 0.0860. The molecule has 1 amide bonds. The molecule has 0 atom stereocenters. The van der Waals surface area contributed by atoms with Gasteiger partial charge < -0.3 is 5.32 Å². The van der Waals surface area contributed by atoms with E-state index in [1.807, 2.05) is 25.1 Å². The van der Waals surface area contributed by atoms with Crippen LogP contribution in [0.2, 0.25) is 0 Å². The minimum absolute atomic E-state index is 0.0860. The van der Waals surface area contributed by atoms with Gasteiger partial charge in [0.25, 0.3) is 0 Å². The van der Waals surface area contributed by atoms with Crippen molar-refractivity contribution < 1.29 is 4.79 Å². The number of halogens is 1. The Morgan fingerprint density at radius 3 is 2.82 bits per heavy atom. The van der Waals surface area contributed by atoms with Crippen molar-refractivity contribution in [1.82, 2.24) is 0 Å². The van der Waals surface area contributed by atoms with Crippen molar-refractivity contribution in [2.75, 3.05) is 11.1 Å². The van der Waals surface area contributed by atoms with Crippen molar-refractivity contribution in [3.63, 3.8) is 0 Å². The molecule has 1 aliphatic carbocycles. The van der Waals surface area contributed by atoms with Gasteiger partial charge in [-0.05, 0) is 64.6 Å². The molecule has 1 aliphatic rings. The molecule has 2 rings (SSSR count). The first kappa shape index (κ1) is 13.0. The molecule has 1 saturated carbocycles. The second-order valence-electron chi connectivity index (χ2n) is 4.87. The molecule has 0 bridgehead atoms. The first-order valence-corrected chi connectivity index (χ1v) is 7.14. The third-order valence-electron chi connectivity index (χ3n) is 3.22. The molecule has 0 aliphatic heterocycles. The molecule has 0 unspecified atom stereocenters. The minimum Gasteiger partial charge on any atom is -0.325 e. The van der Waals surface area contributed by atoms with Crippen molar-refractivity contribution in [1.29, 1.82) is 0 Å². The van der Waals surface area contributed by atoms with Gasteiger partial charge in [-0.25, -0.2) is 0 Å². The lowest BCUT2D eigenvalue weighted by atomic mass is 10.1. The first-order valence-electron chi connectivity index (χ1n) is 5.72. The largest absolute Gasteiger partial charge is 0.325 e. The third kappa shape index (κ3) is 3.26. The van der Waals surface area contributed by atoms with Crippen LogP contribution in [0.25, 0.3) is 0 Å². The van der Waals surface area contributed by atoms with Crippen LogP contribution in [-0.2, 0) is 4.79 Å². The van der Waals surface area contributed by atoms with E-state index >= 15 is 0 Å². The van der Waals surface area contributed by atoms with Crippen LogP contribution in [-0.4, -0.2) is 11.7 Å². The summed E-state index contributed by atoms with van der Waals surface area (Å²) in [5.74, 6) is 0.887. The molecular formula is C13H16BrNOS. The van der Waals surface area contributed by atoms with Crippen LogP contribution in [0, 0.1) is 12.3 Å². The zero-order valence-electron chi connectivity index (χ0n) is 9.79. The van der Waals surface area contributed by atoms with Crippen LogP contribution in [0.3, 0.4) is 0 Å².